The fraction of sp³-hybridized carbons (Fsp3) is 0.296. The minimum absolute atomic E-state index is 0.0569. The lowest BCUT2D eigenvalue weighted by Gasteiger charge is -2.24. The molecule has 1 aliphatic heterocycles. The molecular weight excluding hydrogens is 516 g/mol. The van der Waals surface area contributed by atoms with E-state index in [1.54, 1.807) is 17.1 Å². The van der Waals surface area contributed by atoms with Crippen LogP contribution in [0, 0.1) is 5.92 Å². The Hall–Kier alpha value is -4.32. The molecule has 0 radical (unpaired) electrons. The molecule has 1 aliphatic rings. The number of anilines is 1. The lowest BCUT2D eigenvalue weighted by Crippen LogP contribution is -2.40. The van der Waals surface area contributed by atoms with Crippen molar-refractivity contribution in [2.24, 2.45) is 18.7 Å². The lowest BCUT2D eigenvalue weighted by molar-refractivity contribution is -0.120. The van der Waals surface area contributed by atoms with Crippen LogP contribution < -0.4 is 16.4 Å². The SMILES string of the molecule is CC1C=C(Nc2nc(CCNC(=O)OCc3ccccc3)cn3c(-c4cnn(C)c4)cnc23)S[C@]1(C)C(N)=O. The van der Waals surface area contributed by atoms with E-state index in [1.165, 1.54) is 11.8 Å². The number of carbonyl (C=O) groups excluding carboxylic acids is 2. The monoisotopic (exact) mass is 546 g/mol. The number of rotatable bonds is 9. The average Bonchev–Trinajstić information content (AvgIpc) is 3.61. The lowest BCUT2D eigenvalue weighted by atomic mass is 9.95. The first-order chi connectivity index (χ1) is 18.7. The van der Waals surface area contributed by atoms with Crippen molar-refractivity contribution in [2.45, 2.75) is 31.6 Å². The molecule has 0 aliphatic carbocycles. The molecule has 2 atom stereocenters. The van der Waals surface area contributed by atoms with Crippen LogP contribution in [0.1, 0.15) is 25.1 Å². The number of nitrogens with zero attached hydrogens (tertiary/aromatic N) is 5. The summed E-state index contributed by atoms with van der Waals surface area (Å²) in [5, 5.41) is 11.2. The largest absolute Gasteiger partial charge is 0.445 e. The Morgan fingerprint density at radius 1 is 1.21 bits per heavy atom. The van der Waals surface area contributed by atoms with E-state index in [-0.39, 0.29) is 18.4 Å². The van der Waals surface area contributed by atoms with Crippen molar-refractivity contribution in [2.75, 3.05) is 11.9 Å². The van der Waals surface area contributed by atoms with Gasteiger partial charge in [-0.1, -0.05) is 49.0 Å². The minimum atomic E-state index is -0.753. The van der Waals surface area contributed by atoms with Gasteiger partial charge < -0.3 is 21.1 Å². The number of allylic oxidation sites excluding steroid dienone is 1. The average molecular weight is 547 g/mol. The highest BCUT2D eigenvalue weighted by molar-refractivity contribution is 8.05. The van der Waals surface area contributed by atoms with Crippen molar-refractivity contribution in [3.05, 3.63) is 77.5 Å². The third-order valence-electron chi connectivity index (χ3n) is 6.73. The summed E-state index contributed by atoms with van der Waals surface area (Å²) in [6.45, 7) is 4.33. The number of ether oxygens (including phenoxy) is 1. The van der Waals surface area contributed by atoms with E-state index < -0.39 is 10.8 Å². The maximum Gasteiger partial charge on any atom is 0.407 e. The van der Waals surface area contributed by atoms with Gasteiger partial charge in [0.05, 0.1) is 28.8 Å². The second kappa shape index (κ2) is 10.8. The number of hydrogen-bond acceptors (Lipinski definition) is 8. The third-order valence-corrected chi connectivity index (χ3v) is 8.18. The van der Waals surface area contributed by atoms with E-state index in [0.29, 0.717) is 24.4 Å². The Morgan fingerprint density at radius 2 is 2.00 bits per heavy atom. The molecule has 39 heavy (non-hydrogen) atoms. The number of carbonyl (C=O) groups is 2. The first-order valence-corrected chi connectivity index (χ1v) is 13.3. The molecule has 12 heteroatoms. The first-order valence-electron chi connectivity index (χ1n) is 12.5. The van der Waals surface area contributed by atoms with Gasteiger partial charge in [0.1, 0.15) is 11.4 Å². The second-order valence-electron chi connectivity index (χ2n) is 9.58. The van der Waals surface area contributed by atoms with Crippen molar-refractivity contribution in [3.63, 3.8) is 0 Å². The van der Waals surface area contributed by atoms with Gasteiger partial charge in [-0.3, -0.25) is 13.9 Å². The molecule has 4 N–H and O–H groups in total. The Kier molecular flexibility index (Phi) is 7.29. The van der Waals surface area contributed by atoms with Crippen LogP contribution in [-0.4, -0.2) is 47.4 Å². The minimum Gasteiger partial charge on any atom is -0.445 e. The molecule has 0 saturated carbocycles. The highest BCUT2D eigenvalue weighted by Crippen LogP contribution is 2.45. The molecule has 3 aromatic heterocycles. The van der Waals surface area contributed by atoms with Crippen molar-refractivity contribution in [1.82, 2.24) is 29.5 Å². The smallest absolute Gasteiger partial charge is 0.407 e. The zero-order chi connectivity index (χ0) is 27.6. The number of primary amides is 1. The predicted molar refractivity (Wildman–Crippen MR) is 150 cm³/mol. The number of nitrogens with two attached hydrogens (primary N) is 1. The van der Waals surface area contributed by atoms with E-state index in [1.807, 2.05) is 74.1 Å². The number of nitrogens with one attached hydrogen (secondary N) is 2. The summed E-state index contributed by atoms with van der Waals surface area (Å²) in [5.74, 6) is 0.109. The molecule has 5 rings (SSSR count). The number of amides is 2. The number of imidazole rings is 1. The van der Waals surface area contributed by atoms with Gasteiger partial charge >= 0.3 is 6.09 Å². The number of hydrogen-bond donors (Lipinski definition) is 3. The third kappa shape index (κ3) is 5.60. The maximum absolute atomic E-state index is 12.2. The number of aryl methyl sites for hydroxylation is 1. The van der Waals surface area contributed by atoms with Crippen LogP contribution in [0.15, 0.2) is 66.2 Å². The van der Waals surface area contributed by atoms with Crippen LogP contribution in [-0.2, 0) is 29.6 Å². The molecule has 202 valence electrons. The molecule has 2 amide bonds. The van der Waals surface area contributed by atoms with Gasteiger partial charge in [-0.25, -0.2) is 14.8 Å². The van der Waals surface area contributed by atoms with Crippen molar-refractivity contribution < 1.29 is 14.3 Å². The first kappa shape index (κ1) is 26.3. The van der Waals surface area contributed by atoms with Gasteiger partial charge in [-0.15, -0.1) is 0 Å². The summed E-state index contributed by atoms with van der Waals surface area (Å²) in [7, 11) is 1.86. The Labute approximate surface area is 229 Å². The molecular formula is C27H30N8O3S. The fourth-order valence-electron chi connectivity index (χ4n) is 4.28. The van der Waals surface area contributed by atoms with Crippen molar-refractivity contribution >= 4 is 35.2 Å². The standard InChI is InChI=1S/C27H30N8O3S/c1-17-11-22(39-27(17,2)25(28)36)33-23-24-30-13-21(19-12-31-34(3)14-19)35(24)15-20(32-23)9-10-29-26(37)38-16-18-7-5-4-6-8-18/h4-8,11-15,17H,9-10,16H2,1-3H3,(H2,28,36)(H,29,37)(H,32,33)/t17?,27-/m0/s1. The maximum atomic E-state index is 12.2. The van der Waals surface area contributed by atoms with E-state index in [2.05, 4.69) is 20.7 Å². The summed E-state index contributed by atoms with van der Waals surface area (Å²) in [5.41, 5.74) is 9.71. The second-order valence-corrected chi connectivity index (χ2v) is 11.1. The molecule has 4 aromatic rings. The number of aromatic nitrogens is 5. The number of thioether (sulfide) groups is 1. The molecule has 11 nitrogen and oxygen atoms in total. The number of alkyl carbamates (subject to hydrolysis) is 1. The molecule has 0 bridgehead atoms. The van der Waals surface area contributed by atoms with Crippen LogP contribution in [0.4, 0.5) is 10.6 Å². The zero-order valence-corrected chi connectivity index (χ0v) is 22.7. The zero-order valence-electron chi connectivity index (χ0n) is 21.9. The fourth-order valence-corrected chi connectivity index (χ4v) is 5.51. The van der Waals surface area contributed by atoms with E-state index in [4.69, 9.17) is 15.5 Å². The van der Waals surface area contributed by atoms with E-state index >= 15 is 0 Å². The molecule has 0 spiro atoms. The molecule has 0 saturated heterocycles. The van der Waals surface area contributed by atoms with Crippen LogP contribution in [0.2, 0.25) is 0 Å². The Balaban J connectivity index is 1.36. The van der Waals surface area contributed by atoms with Crippen LogP contribution >= 0.6 is 11.8 Å². The highest BCUT2D eigenvalue weighted by atomic mass is 32.2. The summed E-state index contributed by atoms with van der Waals surface area (Å²) in [4.78, 5) is 33.8. The molecule has 1 unspecified atom stereocenters. The van der Waals surface area contributed by atoms with Gasteiger partial charge in [0.2, 0.25) is 5.91 Å². The Bertz CT molecular complexity index is 1550. The Morgan fingerprint density at radius 3 is 2.69 bits per heavy atom. The molecule has 1 aromatic carbocycles. The summed E-state index contributed by atoms with van der Waals surface area (Å²) < 4.78 is 8.24. The van der Waals surface area contributed by atoms with E-state index in [9.17, 15) is 9.59 Å². The quantitative estimate of drug-likeness (QED) is 0.290. The topological polar surface area (TPSA) is 141 Å². The van der Waals surface area contributed by atoms with Gasteiger partial charge in [0.25, 0.3) is 0 Å². The van der Waals surface area contributed by atoms with Gasteiger partial charge in [0, 0.05) is 43.9 Å². The number of fused-ring (bicyclic) bond motifs is 1. The summed E-state index contributed by atoms with van der Waals surface area (Å²) in [6.07, 6.45) is 9.30. The summed E-state index contributed by atoms with van der Waals surface area (Å²) in [6, 6.07) is 9.51. The van der Waals surface area contributed by atoms with Crippen molar-refractivity contribution in [3.8, 4) is 11.3 Å². The molecule has 4 heterocycles. The van der Waals surface area contributed by atoms with Crippen LogP contribution in [0.25, 0.3) is 16.9 Å². The predicted octanol–water partition coefficient (Wildman–Crippen LogP) is 3.48. The summed E-state index contributed by atoms with van der Waals surface area (Å²) >= 11 is 1.38. The number of benzene rings is 1. The van der Waals surface area contributed by atoms with Crippen molar-refractivity contribution in [1.29, 1.82) is 0 Å². The highest BCUT2D eigenvalue weighted by Gasteiger charge is 2.42. The van der Waals surface area contributed by atoms with Crippen LogP contribution in [0.5, 0.6) is 0 Å². The van der Waals surface area contributed by atoms with E-state index in [0.717, 1.165) is 27.5 Å². The molecule has 0 fully saturated rings. The van der Waals surface area contributed by atoms with Gasteiger partial charge in [0.15, 0.2) is 11.5 Å². The van der Waals surface area contributed by atoms with Gasteiger partial charge in [-0.05, 0) is 18.6 Å². The van der Waals surface area contributed by atoms with Crippen LogP contribution in [0.3, 0.4) is 0 Å². The normalized spacial score (nSPS) is 18.6. The van der Waals surface area contributed by atoms with Gasteiger partial charge in [-0.2, -0.15) is 5.10 Å².